The number of nitriles is 1. The number of halogens is 1. The maximum atomic E-state index is 11.3. The zero-order valence-corrected chi connectivity index (χ0v) is 21.2. The Hall–Kier alpha value is -4.88. The predicted molar refractivity (Wildman–Crippen MR) is 141 cm³/mol. The van der Waals surface area contributed by atoms with Crippen molar-refractivity contribution in [1.29, 1.82) is 5.26 Å². The second kappa shape index (κ2) is 11.9. The lowest BCUT2D eigenvalue weighted by Crippen LogP contribution is -2.21. The average molecular weight is 535 g/mol. The molecule has 4 aromatic rings. The van der Waals surface area contributed by atoms with E-state index in [1.165, 1.54) is 0 Å². The first kappa shape index (κ1) is 27.7. The molecular formula is C27H23ClN4O6. The molecule has 0 amide bonds. The van der Waals surface area contributed by atoms with E-state index in [0.29, 0.717) is 34.3 Å². The van der Waals surface area contributed by atoms with Gasteiger partial charge < -0.3 is 24.8 Å². The van der Waals surface area contributed by atoms with Gasteiger partial charge in [0.25, 0.3) is 5.89 Å². The molecule has 1 heterocycles. The maximum Gasteiger partial charge on any atom is 0.352 e. The molecule has 11 heteroatoms. The summed E-state index contributed by atoms with van der Waals surface area (Å²) in [4.78, 5) is 26.8. The molecule has 0 unspecified atom stereocenters. The lowest BCUT2D eigenvalue weighted by molar-refractivity contribution is -0.135. The van der Waals surface area contributed by atoms with Crippen molar-refractivity contribution in [3.8, 4) is 34.7 Å². The first-order chi connectivity index (χ1) is 17.8. The summed E-state index contributed by atoms with van der Waals surface area (Å²) in [6.45, 7) is 3.84. The quantitative estimate of drug-likeness (QED) is 0.255. The molecule has 0 aliphatic rings. The molecule has 0 saturated carbocycles. The molecule has 38 heavy (non-hydrogen) atoms. The Morgan fingerprint density at radius 3 is 2.53 bits per heavy atom. The average Bonchev–Trinajstić information content (AvgIpc) is 3.36. The van der Waals surface area contributed by atoms with Gasteiger partial charge >= 0.3 is 11.9 Å². The lowest BCUT2D eigenvalue weighted by Gasteiger charge is -2.11. The smallest absolute Gasteiger partial charge is 0.352 e. The Balaban J connectivity index is 0.00000400. The minimum atomic E-state index is -1.37. The number of aliphatic carboxylic acids is 2. The summed E-state index contributed by atoms with van der Waals surface area (Å²) < 4.78 is 11.2. The van der Waals surface area contributed by atoms with E-state index in [1.807, 2.05) is 38.1 Å². The number of nitrogens with zero attached hydrogens (tertiary/aromatic N) is 3. The highest BCUT2D eigenvalue weighted by Crippen LogP contribution is 2.32. The van der Waals surface area contributed by atoms with E-state index in [4.69, 9.17) is 14.4 Å². The van der Waals surface area contributed by atoms with Crippen LogP contribution < -0.4 is 10.1 Å². The summed E-state index contributed by atoms with van der Waals surface area (Å²) in [6.07, 6.45) is 0.530. The van der Waals surface area contributed by atoms with E-state index in [0.717, 1.165) is 16.3 Å². The molecule has 1 aromatic heterocycles. The number of nitrogens with one attached hydrogen (secondary N) is 1. The summed E-state index contributed by atoms with van der Waals surface area (Å²) in [6, 6.07) is 18.2. The van der Waals surface area contributed by atoms with Crippen LogP contribution in [0.1, 0.15) is 25.0 Å². The highest BCUT2D eigenvalue weighted by Gasteiger charge is 2.17. The van der Waals surface area contributed by atoms with Crippen LogP contribution in [0.15, 0.2) is 70.9 Å². The van der Waals surface area contributed by atoms with Crippen molar-refractivity contribution in [2.45, 2.75) is 26.5 Å². The molecule has 4 rings (SSSR count). The van der Waals surface area contributed by atoms with Gasteiger partial charge in [0, 0.05) is 17.7 Å². The van der Waals surface area contributed by atoms with Gasteiger partial charge in [-0.2, -0.15) is 10.2 Å². The third-order valence-corrected chi connectivity index (χ3v) is 5.36. The molecule has 0 atom stereocenters. The fourth-order valence-electron chi connectivity index (χ4n) is 3.77. The van der Waals surface area contributed by atoms with Crippen LogP contribution in [0.2, 0.25) is 0 Å². The molecule has 0 radical (unpaired) electrons. The van der Waals surface area contributed by atoms with E-state index >= 15 is 0 Å². The Labute approximate surface area is 223 Å². The van der Waals surface area contributed by atoms with Gasteiger partial charge in [-0.05, 0) is 48.4 Å². The van der Waals surface area contributed by atoms with Crippen LogP contribution in [0.25, 0.3) is 33.6 Å². The van der Waals surface area contributed by atoms with Crippen molar-refractivity contribution in [3.63, 3.8) is 0 Å². The van der Waals surface area contributed by atoms with Crippen LogP contribution in [0.4, 0.5) is 0 Å². The molecule has 3 N–H and O–H groups in total. The number of carboxylic acids is 2. The van der Waals surface area contributed by atoms with Gasteiger partial charge in [0.05, 0.1) is 17.7 Å². The standard InChI is InChI=1S/C27H22N4O6.ClH/c1-15(2)36-23-10-8-16(11-18(23)13-28)26-30-25(31-37-26)21-9-7-17(19-5-3-4-6-20(19)21)14-29-22(27(34)35)12-24(32)33;/h3-12,15,29H,14H2,1-2H3,(H,32,33)(H,34,35);1H/b22-12+;. The summed E-state index contributed by atoms with van der Waals surface area (Å²) in [5.74, 6) is -1.68. The monoisotopic (exact) mass is 534 g/mol. The summed E-state index contributed by atoms with van der Waals surface area (Å²) in [7, 11) is 0. The molecule has 194 valence electrons. The Kier molecular flexibility index (Phi) is 8.68. The Morgan fingerprint density at radius 1 is 1.13 bits per heavy atom. The number of hydrogen-bond donors (Lipinski definition) is 3. The molecule has 0 saturated heterocycles. The van der Waals surface area contributed by atoms with E-state index in [2.05, 4.69) is 21.5 Å². The molecule has 0 aliphatic carbocycles. The number of ether oxygens (including phenoxy) is 1. The van der Waals surface area contributed by atoms with Crippen molar-refractivity contribution < 1.29 is 29.1 Å². The third kappa shape index (κ3) is 6.08. The second-order valence-corrected chi connectivity index (χ2v) is 8.29. The SMILES string of the molecule is CC(C)Oc1ccc(-c2nc(-c3ccc(CN/C(=C/C(=O)O)C(=O)O)c4ccccc34)no2)cc1C#N.Cl. The van der Waals surface area contributed by atoms with Gasteiger partial charge in [-0.1, -0.05) is 41.6 Å². The molecule has 10 nitrogen and oxygen atoms in total. The van der Waals surface area contributed by atoms with Crippen LogP contribution in [0.3, 0.4) is 0 Å². The van der Waals surface area contributed by atoms with E-state index in [-0.39, 0.29) is 30.9 Å². The number of carboxylic acid groups (broad SMARTS) is 2. The fourth-order valence-corrected chi connectivity index (χ4v) is 3.77. The summed E-state index contributed by atoms with van der Waals surface area (Å²) in [5, 5.41) is 36.1. The van der Waals surface area contributed by atoms with Crippen molar-refractivity contribution in [2.75, 3.05) is 0 Å². The van der Waals surface area contributed by atoms with Crippen molar-refractivity contribution in [2.24, 2.45) is 0 Å². The topological polar surface area (TPSA) is 159 Å². The van der Waals surface area contributed by atoms with Crippen LogP contribution in [0.5, 0.6) is 5.75 Å². The first-order valence-corrected chi connectivity index (χ1v) is 11.2. The second-order valence-electron chi connectivity index (χ2n) is 8.29. The summed E-state index contributed by atoms with van der Waals surface area (Å²) in [5.41, 5.74) is 1.94. The van der Waals surface area contributed by atoms with Crippen LogP contribution in [-0.2, 0) is 16.1 Å². The maximum absolute atomic E-state index is 11.3. The van der Waals surface area contributed by atoms with Crippen molar-refractivity contribution in [3.05, 3.63) is 77.5 Å². The molecule has 0 bridgehead atoms. The van der Waals surface area contributed by atoms with Crippen molar-refractivity contribution in [1.82, 2.24) is 15.5 Å². The van der Waals surface area contributed by atoms with E-state index in [9.17, 15) is 20.0 Å². The van der Waals surface area contributed by atoms with Gasteiger partial charge in [-0.3, -0.25) is 0 Å². The largest absolute Gasteiger partial charge is 0.490 e. The third-order valence-electron chi connectivity index (χ3n) is 5.36. The fraction of sp³-hybridized carbons (Fsp3) is 0.148. The van der Waals surface area contributed by atoms with Crippen LogP contribution in [0, 0.1) is 11.3 Å². The number of carbonyl (C=O) groups is 2. The number of rotatable bonds is 9. The number of aromatic nitrogens is 2. The van der Waals surface area contributed by atoms with E-state index in [1.54, 1.807) is 30.3 Å². The first-order valence-electron chi connectivity index (χ1n) is 11.2. The summed E-state index contributed by atoms with van der Waals surface area (Å²) >= 11 is 0. The number of benzene rings is 3. The number of hydrogen-bond acceptors (Lipinski definition) is 8. The molecule has 0 spiro atoms. The van der Waals surface area contributed by atoms with Gasteiger partial charge in [-0.15, -0.1) is 12.4 Å². The van der Waals surface area contributed by atoms with Gasteiger partial charge in [0.2, 0.25) is 5.82 Å². The van der Waals surface area contributed by atoms with E-state index < -0.39 is 17.6 Å². The highest BCUT2D eigenvalue weighted by molar-refractivity contribution is 5.97. The molecular weight excluding hydrogens is 512 g/mol. The normalized spacial score (nSPS) is 11.1. The minimum Gasteiger partial charge on any atom is -0.490 e. The van der Waals surface area contributed by atoms with Crippen LogP contribution >= 0.6 is 12.4 Å². The van der Waals surface area contributed by atoms with Gasteiger partial charge in [0.1, 0.15) is 17.5 Å². The van der Waals surface area contributed by atoms with Gasteiger partial charge in [-0.25, -0.2) is 9.59 Å². The van der Waals surface area contributed by atoms with Crippen molar-refractivity contribution >= 4 is 35.1 Å². The highest BCUT2D eigenvalue weighted by atomic mass is 35.5. The lowest BCUT2D eigenvalue weighted by atomic mass is 9.99. The number of fused-ring (bicyclic) bond motifs is 1. The predicted octanol–water partition coefficient (Wildman–Crippen LogP) is 4.78. The molecule has 3 aromatic carbocycles. The molecule has 0 aliphatic heterocycles. The Morgan fingerprint density at radius 2 is 1.87 bits per heavy atom. The van der Waals surface area contributed by atoms with Gasteiger partial charge in [0.15, 0.2) is 0 Å². The Bertz CT molecular complexity index is 1570. The van der Waals surface area contributed by atoms with Crippen LogP contribution in [-0.4, -0.2) is 38.4 Å². The zero-order valence-electron chi connectivity index (χ0n) is 20.3. The minimum absolute atomic E-state index is 0. The zero-order chi connectivity index (χ0) is 26.5. The molecule has 0 fully saturated rings.